The molecule has 0 saturated carbocycles. The quantitative estimate of drug-likeness (QED) is 0.629. The van der Waals surface area contributed by atoms with Crippen LogP contribution in [-0.2, 0) is 26.3 Å². The number of carbonyl (C=O) groups is 2. The van der Waals surface area contributed by atoms with Crippen molar-refractivity contribution in [3.05, 3.63) is 64.4 Å². The van der Waals surface area contributed by atoms with Crippen molar-refractivity contribution in [1.29, 1.82) is 0 Å². The SMILES string of the molecule is CCOC(=O)c1ccc(NC(=O)CN2CCN(Cc3ccc(F)cc3Cl)S2(=O)=O)cc1. The second kappa shape index (κ2) is 9.73. The monoisotopic (exact) mass is 469 g/mol. The Hall–Kier alpha value is -2.53. The van der Waals surface area contributed by atoms with E-state index in [1.54, 1.807) is 6.92 Å². The van der Waals surface area contributed by atoms with Gasteiger partial charge in [-0.25, -0.2) is 9.18 Å². The lowest BCUT2D eigenvalue weighted by atomic mass is 10.2. The van der Waals surface area contributed by atoms with Crippen LogP contribution in [0.2, 0.25) is 5.02 Å². The van der Waals surface area contributed by atoms with Crippen LogP contribution in [0.25, 0.3) is 0 Å². The van der Waals surface area contributed by atoms with Gasteiger partial charge >= 0.3 is 5.97 Å². The number of hydrogen-bond acceptors (Lipinski definition) is 5. The van der Waals surface area contributed by atoms with E-state index < -0.39 is 27.9 Å². The number of benzene rings is 2. The number of anilines is 1. The maximum Gasteiger partial charge on any atom is 0.338 e. The van der Waals surface area contributed by atoms with Gasteiger partial charge in [0, 0.05) is 30.3 Å². The standard InChI is InChI=1S/C20H21ClFN3O5S/c1-2-30-20(27)14-4-7-17(8-5-14)23-19(26)13-25-10-9-24(31(25,28)29)12-15-3-6-16(22)11-18(15)21/h3-8,11H,2,9-10,12-13H2,1H3,(H,23,26). The Kier molecular flexibility index (Phi) is 7.26. The molecule has 0 unspecified atom stereocenters. The summed E-state index contributed by atoms with van der Waals surface area (Å²) in [5.74, 6) is -1.49. The third-order valence-electron chi connectivity index (χ3n) is 4.61. The van der Waals surface area contributed by atoms with Crippen LogP contribution in [0, 0.1) is 5.82 Å². The Balaban J connectivity index is 1.60. The van der Waals surface area contributed by atoms with E-state index in [4.69, 9.17) is 16.3 Å². The highest BCUT2D eigenvalue weighted by Gasteiger charge is 2.37. The molecule has 1 aliphatic heterocycles. The number of amides is 1. The zero-order chi connectivity index (χ0) is 22.6. The molecule has 0 aromatic heterocycles. The van der Waals surface area contributed by atoms with Crippen LogP contribution in [0.4, 0.5) is 10.1 Å². The molecule has 8 nitrogen and oxygen atoms in total. The summed E-state index contributed by atoms with van der Waals surface area (Å²) in [4.78, 5) is 24.0. The minimum atomic E-state index is -3.87. The molecule has 1 saturated heterocycles. The molecule has 1 N–H and O–H groups in total. The van der Waals surface area contributed by atoms with Crippen molar-refractivity contribution in [3.63, 3.8) is 0 Å². The number of ether oxygens (including phenoxy) is 1. The van der Waals surface area contributed by atoms with Gasteiger partial charge in [0.15, 0.2) is 0 Å². The molecule has 2 aromatic rings. The van der Waals surface area contributed by atoms with Gasteiger partial charge in [0.2, 0.25) is 5.91 Å². The van der Waals surface area contributed by atoms with Gasteiger partial charge in [-0.3, -0.25) is 4.79 Å². The number of rotatable bonds is 7. The summed E-state index contributed by atoms with van der Waals surface area (Å²) in [5, 5.41) is 2.74. The lowest BCUT2D eigenvalue weighted by molar-refractivity contribution is -0.116. The van der Waals surface area contributed by atoms with E-state index in [-0.39, 0.29) is 37.8 Å². The van der Waals surface area contributed by atoms with Crippen LogP contribution in [-0.4, -0.2) is 55.1 Å². The first-order chi connectivity index (χ1) is 14.7. The van der Waals surface area contributed by atoms with Crippen molar-refractivity contribution in [3.8, 4) is 0 Å². The Bertz CT molecular complexity index is 1080. The average molecular weight is 470 g/mol. The maximum atomic E-state index is 13.2. The molecular weight excluding hydrogens is 449 g/mol. The number of esters is 1. The number of nitrogens with zero attached hydrogens (tertiary/aromatic N) is 2. The largest absolute Gasteiger partial charge is 0.462 e. The first-order valence-electron chi connectivity index (χ1n) is 9.47. The van der Waals surface area contributed by atoms with Crippen molar-refractivity contribution < 1.29 is 27.1 Å². The highest BCUT2D eigenvalue weighted by Crippen LogP contribution is 2.24. The molecule has 1 amide bonds. The van der Waals surface area contributed by atoms with Crippen molar-refractivity contribution in [2.45, 2.75) is 13.5 Å². The molecule has 166 valence electrons. The summed E-state index contributed by atoms with van der Waals surface area (Å²) in [6.45, 7) is 1.89. The van der Waals surface area contributed by atoms with Crippen LogP contribution in [0.15, 0.2) is 42.5 Å². The smallest absolute Gasteiger partial charge is 0.338 e. The number of hydrogen-bond donors (Lipinski definition) is 1. The van der Waals surface area contributed by atoms with E-state index in [2.05, 4.69) is 5.32 Å². The highest BCUT2D eigenvalue weighted by molar-refractivity contribution is 7.87. The molecule has 3 rings (SSSR count). The van der Waals surface area contributed by atoms with E-state index >= 15 is 0 Å². The van der Waals surface area contributed by atoms with E-state index in [1.807, 2.05) is 0 Å². The van der Waals surface area contributed by atoms with Gasteiger partial charge in [-0.1, -0.05) is 17.7 Å². The van der Waals surface area contributed by atoms with Gasteiger partial charge in [0.25, 0.3) is 10.2 Å². The molecule has 1 fully saturated rings. The molecule has 0 bridgehead atoms. The third kappa shape index (κ3) is 5.59. The van der Waals surface area contributed by atoms with Gasteiger partial charge in [0.1, 0.15) is 5.82 Å². The Labute approximate surface area is 184 Å². The Morgan fingerprint density at radius 2 is 1.81 bits per heavy atom. The summed E-state index contributed by atoms with van der Waals surface area (Å²) in [6, 6.07) is 9.85. The van der Waals surface area contributed by atoms with Crippen LogP contribution < -0.4 is 5.32 Å². The number of carbonyl (C=O) groups excluding carboxylic acids is 2. The first-order valence-corrected chi connectivity index (χ1v) is 11.2. The zero-order valence-electron chi connectivity index (χ0n) is 16.7. The van der Waals surface area contributed by atoms with E-state index in [0.29, 0.717) is 16.8 Å². The van der Waals surface area contributed by atoms with Crippen LogP contribution in [0.3, 0.4) is 0 Å². The predicted octanol–water partition coefficient (Wildman–Crippen LogP) is 2.66. The molecule has 31 heavy (non-hydrogen) atoms. The summed E-state index contributed by atoms with van der Waals surface area (Å²) >= 11 is 5.99. The zero-order valence-corrected chi connectivity index (χ0v) is 18.2. The molecule has 0 radical (unpaired) electrons. The second-order valence-corrected chi connectivity index (χ2v) is 9.09. The third-order valence-corrected chi connectivity index (χ3v) is 6.89. The molecule has 1 heterocycles. The molecule has 11 heteroatoms. The number of nitrogens with one attached hydrogen (secondary N) is 1. The van der Waals surface area contributed by atoms with Gasteiger partial charge in [-0.15, -0.1) is 0 Å². The van der Waals surface area contributed by atoms with E-state index in [0.717, 1.165) is 10.4 Å². The van der Waals surface area contributed by atoms with Crippen molar-refractivity contribution in [1.82, 2.24) is 8.61 Å². The number of halogens is 2. The fraction of sp³-hybridized carbons (Fsp3) is 0.300. The minimum Gasteiger partial charge on any atom is -0.462 e. The van der Waals surface area contributed by atoms with Crippen LogP contribution >= 0.6 is 11.6 Å². The van der Waals surface area contributed by atoms with Gasteiger partial charge in [-0.05, 0) is 48.9 Å². The van der Waals surface area contributed by atoms with Gasteiger partial charge in [0.05, 0.1) is 18.7 Å². The molecule has 2 aromatic carbocycles. The summed E-state index contributed by atoms with van der Waals surface area (Å²) in [6.07, 6.45) is 0. The summed E-state index contributed by atoms with van der Waals surface area (Å²) in [5.41, 5.74) is 1.24. The summed E-state index contributed by atoms with van der Waals surface area (Å²) < 4.78 is 45.8. The van der Waals surface area contributed by atoms with Crippen molar-refractivity contribution >= 4 is 39.4 Å². The van der Waals surface area contributed by atoms with Crippen LogP contribution in [0.5, 0.6) is 0 Å². The maximum absolute atomic E-state index is 13.2. The topological polar surface area (TPSA) is 96.0 Å². The van der Waals surface area contributed by atoms with E-state index in [9.17, 15) is 22.4 Å². The lowest BCUT2D eigenvalue weighted by Gasteiger charge is -2.19. The fourth-order valence-corrected chi connectivity index (χ4v) is 4.80. The molecule has 1 aliphatic rings. The predicted molar refractivity (Wildman–Crippen MR) is 113 cm³/mol. The van der Waals surface area contributed by atoms with Crippen molar-refractivity contribution in [2.24, 2.45) is 0 Å². The molecule has 0 aliphatic carbocycles. The Morgan fingerprint density at radius 1 is 1.13 bits per heavy atom. The second-order valence-electron chi connectivity index (χ2n) is 6.76. The van der Waals surface area contributed by atoms with E-state index in [1.165, 1.54) is 40.7 Å². The van der Waals surface area contributed by atoms with Gasteiger partial charge < -0.3 is 10.1 Å². The summed E-state index contributed by atoms with van der Waals surface area (Å²) in [7, 11) is -3.87. The minimum absolute atomic E-state index is 0.0190. The molecule has 0 spiro atoms. The molecular formula is C20H21ClFN3O5S. The first kappa shape index (κ1) is 23.1. The Morgan fingerprint density at radius 3 is 2.45 bits per heavy atom. The normalized spacial score (nSPS) is 16.2. The average Bonchev–Trinajstić information content (AvgIpc) is 2.98. The van der Waals surface area contributed by atoms with Crippen molar-refractivity contribution in [2.75, 3.05) is 31.6 Å². The van der Waals surface area contributed by atoms with Crippen LogP contribution in [0.1, 0.15) is 22.8 Å². The highest BCUT2D eigenvalue weighted by atomic mass is 35.5. The lowest BCUT2D eigenvalue weighted by Crippen LogP contribution is -2.37. The molecule has 0 atom stereocenters. The fourth-order valence-electron chi connectivity index (χ4n) is 3.04. The van der Waals surface area contributed by atoms with Gasteiger partial charge in [-0.2, -0.15) is 17.0 Å².